The van der Waals surface area contributed by atoms with Gasteiger partial charge in [0, 0.05) is 5.02 Å². The van der Waals surface area contributed by atoms with Crippen LogP contribution < -0.4 is 4.74 Å². The van der Waals surface area contributed by atoms with Gasteiger partial charge in [0.15, 0.2) is 0 Å². The van der Waals surface area contributed by atoms with E-state index in [1.807, 2.05) is 6.92 Å². The third kappa shape index (κ3) is 2.77. The average Bonchev–Trinajstić information content (AvgIpc) is 2.92. The first-order chi connectivity index (χ1) is 10.9. The van der Waals surface area contributed by atoms with Gasteiger partial charge in [-0.25, -0.2) is 0 Å². The molecule has 3 rings (SSSR count). The van der Waals surface area contributed by atoms with E-state index in [2.05, 4.69) is 10.3 Å². The van der Waals surface area contributed by atoms with E-state index in [1.54, 1.807) is 43.3 Å². The first-order valence-corrected chi connectivity index (χ1v) is 8.75. The van der Waals surface area contributed by atoms with E-state index in [-0.39, 0.29) is 10.6 Å². The molecule has 1 aromatic heterocycles. The topological polar surface area (TPSA) is 74.1 Å². The molecule has 3 aromatic rings. The summed E-state index contributed by atoms with van der Waals surface area (Å²) in [4.78, 5) is 0.0566. The first kappa shape index (κ1) is 15.8. The Labute approximate surface area is 138 Å². The number of halogens is 1. The van der Waals surface area contributed by atoms with Crippen LogP contribution >= 0.6 is 11.6 Å². The quantitative estimate of drug-likeness (QED) is 0.722. The Morgan fingerprint density at radius 3 is 2.74 bits per heavy atom. The van der Waals surface area contributed by atoms with Crippen LogP contribution in [0.3, 0.4) is 0 Å². The number of ether oxygens (including phenoxy) is 1. The summed E-state index contributed by atoms with van der Waals surface area (Å²) in [6.45, 7) is 3.97. The van der Waals surface area contributed by atoms with Gasteiger partial charge in [-0.2, -0.15) is 8.42 Å². The van der Waals surface area contributed by atoms with Gasteiger partial charge >= 0.3 is 0 Å². The zero-order valence-electron chi connectivity index (χ0n) is 12.5. The van der Waals surface area contributed by atoms with Crippen LogP contribution in [-0.2, 0) is 10.0 Å². The molecular weight excluding hydrogens is 338 g/mol. The van der Waals surface area contributed by atoms with Crippen molar-refractivity contribution in [2.45, 2.75) is 18.7 Å². The van der Waals surface area contributed by atoms with Crippen molar-refractivity contribution in [1.82, 2.24) is 14.4 Å². The minimum absolute atomic E-state index is 0.0566. The molecule has 0 fully saturated rings. The van der Waals surface area contributed by atoms with E-state index < -0.39 is 10.0 Å². The van der Waals surface area contributed by atoms with Gasteiger partial charge in [0.05, 0.1) is 6.61 Å². The molecule has 0 saturated heterocycles. The standard InChI is InChI=1S/C15H14ClN3O3S/c1-3-22-14-7-4-10(2)8-15(14)23(20,21)19-13-6-5-11(16)9-12(13)17-18-19/h4-9H,3H2,1-2H3. The molecule has 8 heteroatoms. The van der Waals surface area contributed by atoms with Crippen molar-refractivity contribution in [2.75, 3.05) is 6.61 Å². The fraction of sp³-hybridized carbons (Fsp3) is 0.200. The fourth-order valence-corrected chi connectivity index (χ4v) is 3.85. The van der Waals surface area contributed by atoms with Crippen LogP contribution in [0.4, 0.5) is 0 Å². The lowest BCUT2D eigenvalue weighted by Gasteiger charge is -2.11. The summed E-state index contributed by atoms with van der Waals surface area (Å²) < 4.78 is 32.3. The molecule has 0 amide bonds. The van der Waals surface area contributed by atoms with Gasteiger partial charge in [0.2, 0.25) is 0 Å². The van der Waals surface area contributed by atoms with Gasteiger partial charge in [0.1, 0.15) is 21.7 Å². The van der Waals surface area contributed by atoms with Crippen molar-refractivity contribution >= 4 is 32.7 Å². The SMILES string of the molecule is CCOc1ccc(C)cc1S(=O)(=O)n1nnc2cc(Cl)ccc21. The van der Waals surface area contributed by atoms with E-state index >= 15 is 0 Å². The molecule has 23 heavy (non-hydrogen) atoms. The second-order valence-electron chi connectivity index (χ2n) is 4.95. The Hall–Kier alpha value is -2.12. The Bertz CT molecular complexity index is 983. The first-order valence-electron chi connectivity index (χ1n) is 6.93. The molecule has 6 nitrogen and oxygen atoms in total. The number of aromatic nitrogens is 3. The summed E-state index contributed by atoms with van der Waals surface area (Å²) in [5, 5.41) is 8.12. The van der Waals surface area contributed by atoms with E-state index in [9.17, 15) is 8.42 Å². The zero-order valence-corrected chi connectivity index (χ0v) is 14.1. The number of hydrogen-bond acceptors (Lipinski definition) is 5. The second-order valence-corrected chi connectivity index (χ2v) is 7.13. The number of benzene rings is 2. The Morgan fingerprint density at radius 2 is 2.00 bits per heavy atom. The number of nitrogens with zero attached hydrogens (tertiary/aromatic N) is 3. The van der Waals surface area contributed by atoms with Crippen LogP contribution in [-0.4, -0.2) is 29.4 Å². The van der Waals surface area contributed by atoms with E-state index in [1.165, 1.54) is 0 Å². The number of hydrogen-bond donors (Lipinski definition) is 0. The molecular formula is C15H14ClN3O3S. The second kappa shape index (κ2) is 5.82. The summed E-state index contributed by atoms with van der Waals surface area (Å²) >= 11 is 5.90. The highest BCUT2D eigenvalue weighted by Crippen LogP contribution is 2.29. The highest BCUT2D eigenvalue weighted by Gasteiger charge is 2.25. The lowest BCUT2D eigenvalue weighted by Crippen LogP contribution is -2.16. The van der Waals surface area contributed by atoms with Crippen LogP contribution in [0.1, 0.15) is 12.5 Å². The maximum atomic E-state index is 13.0. The number of fused-ring (bicyclic) bond motifs is 1. The van der Waals surface area contributed by atoms with Crippen LogP contribution in [0.5, 0.6) is 5.75 Å². The third-order valence-electron chi connectivity index (χ3n) is 3.28. The predicted molar refractivity (Wildman–Crippen MR) is 87.5 cm³/mol. The molecule has 0 spiro atoms. The lowest BCUT2D eigenvalue weighted by atomic mass is 10.2. The minimum Gasteiger partial charge on any atom is -0.492 e. The van der Waals surface area contributed by atoms with E-state index in [0.717, 1.165) is 9.65 Å². The van der Waals surface area contributed by atoms with Gasteiger partial charge in [-0.05, 0) is 49.7 Å². The van der Waals surface area contributed by atoms with Crippen LogP contribution in [0, 0.1) is 6.92 Å². The lowest BCUT2D eigenvalue weighted by molar-refractivity contribution is 0.331. The molecule has 0 aliphatic rings. The van der Waals surface area contributed by atoms with Crippen molar-refractivity contribution in [3.8, 4) is 5.75 Å². The fourth-order valence-electron chi connectivity index (χ4n) is 2.24. The summed E-state index contributed by atoms with van der Waals surface area (Å²) in [5.41, 5.74) is 1.57. The highest BCUT2D eigenvalue weighted by molar-refractivity contribution is 7.90. The molecule has 120 valence electrons. The van der Waals surface area contributed by atoms with Crippen molar-refractivity contribution in [1.29, 1.82) is 0 Å². The smallest absolute Gasteiger partial charge is 0.288 e. The molecule has 0 aliphatic carbocycles. The molecule has 0 unspecified atom stereocenters. The van der Waals surface area contributed by atoms with Crippen molar-refractivity contribution < 1.29 is 13.2 Å². The molecule has 1 heterocycles. The van der Waals surface area contributed by atoms with Crippen molar-refractivity contribution in [2.24, 2.45) is 0 Å². The Kier molecular flexibility index (Phi) is 3.99. The maximum Gasteiger partial charge on any atom is 0.288 e. The normalized spacial score (nSPS) is 11.8. The van der Waals surface area contributed by atoms with E-state index in [0.29, 0.717) is 22.7 Å². The molecule has 0 atom stereocenters. The summed E-state index contributed by atoms with van der Waals surface area (Å²) in [5.74, 6) is 0.288. The van der Waals surface area contributed by atoms with Crippen LogP contribution in [0.2, 0.25) is 5.02 Å². The molecule has 0 bridgehead atoms. The van der Waals surface area contributed by atoms with Crippen molar-refractivity contribution in [3.05, 3.63) is 47.0 Å². The largest absolute Gasteiger partial charge is 0.492 e. The highest BCUT2D eigenvalue weighted by atomic mass is 35.5. The average molecular weight is 352 g/mol. The summed E-state index contributed by atoms with van der Waals surface area (Å²) in [6, 6.07) is 9.73. The van der Waals surface area contributed by atoms with Gasteiger partial charge in [0.25, 0.3) is 10.0 Å². The van der Waals surface area contributed by atoms with Crippen molar-refractivity contribution in [3.63, 3.8) is 0 Å². The summed E-state index contributed by atoms with van der Waals surface area (Å²) in [6.07, 6.45) is 0. The molecule has 0 radical (unpaired) electrons. The maximum absolute atomic E-state index is 13.0. The van der Waals surface area contributed by atoms with E-state index in [4.69, 9.17) is 16.3 Å². The number of aryl methyl sites for hydroxylation is 1. The summed E-state index contributed by atoms with van der Waals surface area (Å²) in [7, 11) is -3.94. The monoisotopic (exact) mass is 351 g/mol. The Morgan fingerprint density at radius 1 is 1.22 bits per heavy atom. The predicted octanol–water partition coefficient (Wildman–Crippen LogP) is 3.03. The molecule has 0 saturated carbocycles. The zero-order chi connectivity index (χ0) is 16.6. The third-order valence-corrected chi connectivity index (χ3v) is 5.12. The van der Waals surface area contributed by atoms with Gasteiger partial charge < -0.3 is 4.74 Å². The van der Waals surface area contributed by atoms with Gasteiger partial charge in [-0.1, -0.05) is 22.9 Å². The molecule has 0 N–H and O–H groups in total. The van der Waals surface area contributed by atoms with Gasteiger partial charge in [-0.15, -0.1) is 9.19 Å². The Balaban J connectivity index is 2.23. The molecule has 0 aliphatic heterocycles. The number of rotatable bonds is 4. The van der Waals surface area contributed by atoms with Crippen LogP contribution in [0.15, 0.2) is 41.3 Å². The van der Waals surface area contributed by atoms with Crippen LogP contribution in [0.25, 0.3) is 11.0 Å². The molecule has 2 aromatic carbocycles. The minimum atomic E-state index is -3.94. The van der Waals surface area contributed by atoms with Gasteiger partial charge in [-0.3, -0.25) is 0 Å².